The zero-order valence-corrected chi connectivity index (χ0v) is 14.3. The quantitative estimate of drug-likeness (QED) is 0.627. The fourth-order valence-electron chi connectivity index (χ4n) is 3.21. The fourth-order valence-corrected chi connectivity index (χ4v) is 3.21. The van der Waals surface area contributed by atoms with Crippen LogP contribution in [0.1, 0.15) is 53.7 Å². The Hall–Kier alpha value is -2.15. The summed E-state index contributed by atoms with van der Waals surface area (Å²) in [6, 6.07) is 1.96. The number of hydrogen-bond donors (Lipinski definition) is 4. The van der Waals surface area contributed by atoms with Crippen molar-refractivity contribution >= 4 is 11.8 Å². The molecule has 0 unspecified atom stereocenters. The van der Waals surface area contributed by atoms with E-state index in [2.05, 4.69) is 15.6 Å². The lowest BCUT2D eigenvalue weighted by Gasteiger charge is -2.29. The predicted octanol–water partition coefficient (Wildman–Crippen LogP) is 0.498. The van der Waals surface area contributed by atoms with Crippen molar-refractivity contribution in [1.29, 1.82) is 0 Å². The molecule has 2 amide bonds. The standard InChI is InChI=1S/C17H26N4O3/c1-10-9-11(2)19-16(23)15(10)17(24)21-13-5-3-12(4-6-13)20-14(22)7-8-18/h9,12-13H,3-8,18H2,1-2H3,(H,19,23)(H,20,22)(H,21,24). The monoisotopic (exact) mass is 334 g/mol. The maximum atomic E-state index is 12.4. The first-order chi connectivity index (χ1) is 11.4. The highest BCUT2D eigenvalue weighted by Crippen LogP contribution is 2.19. The normalized spacial score (nSPS) is 20.5. The zero-order chi connectivity index (χ0) is 17.7. The molecule has 24 heavy (non-hydrogen) atoms. The molecule has 0 aliphatic heterocycles. The van der Waals surface area contributed by atoms with E-state index in [1.54, 1.807) is 19.9 Å². The molecular weight excluding hydrogens is 308 g/mol. The molecule has 0 spiro atoms. The molecule has 1 saturated carbocycles. The first kappa shape index (κ1) is 18.2. The summed E-state index contributed by atoms with van der Waals surface area (Å²) in [5.41, 5.74) is 6.61. The first-order valence-corrected chi connectivity index (χ1v) is 8.41. The summed E-state index contributed by atoms with van der Waals surface area (Å²) >= 11 is 0. The summed E-state index contributed by atoms with van der Waals surface area (Å²) in [6.45, 7) is 3.90. The van der Waals surface area contributed by atoms with Crippen molar-refractivity contribution in [2.24, 2.45) is 5.73 Å². The number of aryl methyl sites for hydroxylation is 2. The topological polar surface area (TPSA) is 117 Å². The molecule has 132 valence electrons. The average Bonchev–Trinajstić information content (AvgIpc) is 2.48. The van der Waals surface area contributed by atoms with Crippen molar-refractivity contribution in [3.63, 3.8) is 0 Å². The Morgan fingerprint density at radius 2 is 1.75 bits per heavy atom. The minimum Gasteiger partial charge on any atom is -0.353 e. The first-order valence-electron chi connectivity index (χ1n) is 8.41. The number of aromatic nitrogens is 1. The van der Waals surface area contributed by atoms with Gasteiger partial charge in [-0.05, 0) is 51.2 Å². The Labute approximate surface area is 141 Å². The highest BCUT2D eigenvalue weighted by Gasteiger charge is 2.25. The number of nitrogens with one attached hydrogen (secondary N) is 3. The minimum atomic E-state index is -0.354. The van der Waals surface area contributed by atoms with Gasteiger partial charge in [0.15, 0.2) is 0 Å². The highest BCUT2D eigenvalue weighted by atomic mass is 16.2. The lowest BCUT2D eigenvalue weighted by Crippen LogP contribution is -2.45. The molecule has 1 aliphatic rings. The van der Waals surface area contributed by atoms with Gasteiger partial charge < -0.3 is 21.4 Å². The Kier molecular flexibility index (Phi) is 6.14. The van der Waals surface area contributed by atoms with Gasteiger partial charge in [-0.15, -0.1) is 0 Å². The molecule has 0 saturated heterocycles. The number of carbonyl (C=O) groups is 2. The number of hydrogen-bond acceptors (Lipinski definition) is 4. The molecule has 1 aromatic rings. The number of pyridine rings is 1. The molecule has 7 heteroatoms. The number of carbonyl (C=O) groups excluding carboxylic acids is 2. The van der Waals surface area contributed by atoms with Crippen LogP contribution in [0.2, 0.25) is 0 Å². The number of H-pyrrole nitrogens is 1. The summed E-state index contributed by atoms with van der Waals surface area (Å²) in [5, 5.41) is 5.91. The van der Waals surface area contributed by atoms with Gasteiger partial charge in [-0.2, -0.15) is 0 Å². The van der Waals surface area contributed by atoms with Crippen LogP contribution in [0, 0.1) is 13.8 Å². The van der Waals surface area contributed by atoms with Gasteiger partial charge in [0.25, 0.3) is 11.5 Å². The van der Waals surface area contributed by atoms with Gasteiger partial charge in [0, 0.05) is 30.7 Å². The molecule has 0 atom stereocenters. The van der Waals surface area contributed by atoms with Gasteiger partial charge in [0.2, 0.25) is 5.91 Å². The second kappa shape index (κ2) is 8.10. The smallest absolute Gasteiger partial charge is 0.261 e. The molecular formula is C17H26N4O3. The van der Waals surface area contributed by atoms with E-state index in [0.29, 0.717) is 18.5 Å². The van der Waals surface area contributed by atoms with Gasteiger partial charge in [-0.25, -0.2) is 0 Å². The van der Waals surface area contributed by atoms with Crippen LogP contribution < -0.4 is 21.9 Å². The second-order valence-electron chi connectivity index (χ2n) is 6.47. The van der Waals surface area contributed by atoms with Crippen LogP contribution in [0.15, 0.2) is 10.9 Å². The largest absolute Gasteiger partial charge is 0.353 e. The van der Waals surface area contributed by atoms with Gasteiger partial charge in [-0.3, -0.25) is 14.4 Å². The van der Waals surface area contributed by atoms with E-state index in [4.69, 9.17) is 5.73 Å². The fraction of sp³-hybridized carbons (Fsp3) is 0.588. The Balaban J connectivity index is 1.89. The SMILES string of the molecule is Cc1cc(C)c(C(=O)NC2CCC(NC(=O)CCN)CC2)c(=O)[nH]1. The van der Waals surface area contributed by atoms with Gasteiger partial charge in [0.05, 0.1) is 0 Å². The number of nitrogens with two attached hydrogens (primary N) is 1. The lowest BCUT2D eigenvalue weighted by molar-refractivity contribution is -0.121. The van der Waals surface area contributed by atoms with Crippen molar-refractivity contribution in [3.05, 3.63) is 33.2 Å². The van der Waals surface area contributed by atoms with Crippen molar-refractivity contribution < 1.29 is 9.59 Å². The van der Waals surface area contributed by atoms with Gasteiger partial charge in [0.1, 0.15) is 5.56 Å². The van der Waals surface area contributed by atoms with Crippen molar-refractivity contribution in [2.45, 2.75) is 58.0 Å². The molecule has 0 radical (unpaired) electrons. The summed E-state index contributed by atoms with van der Waals surface area (Å²) in [5.74, 6) is -0.351. The van der Waals surface area contributed by atoms with Crippen LogP contribution in [-0.2, 0) is 4.79 Å². The molecule has 1 aliphatic carbocycles. The average molecular weight is 334 g/mol. The molecule has 0 aromatic carbocycles. The van der Waals surface area contributed by atoms with Crippen molar-refractivity contribution in [1.82, 2.24) is 15.6 Å². The van der Waals surface area contributed by atoms with Crippen LogP contribution in [0.4, 0.5) is 0 Å². The third-order valence-electron chi connectivity index (χ3n) is 4.39. The molecule has 5 N–H and O–H groups in total. The van der Waals surface area contributed by atoms with Gasteiger partial charge in [-0.1, -0.05) is 0 Å². The predicted molar refractivity (Wildman–Crippen MR) is 91.9 cm³/mol. The van der Waals surface area contributed by atoms with Crippen LogP contribution in [0.5, 0.6) is 0 Å². The number of aromatic amines is 1. The van der Waals surface area contributed by atoms with Crippen LogP contribution >= 0.6 is 0 Å². The summed E-state index contributed by atoms with van der Waals surface area (Å²) in [4.78, 5) is 38.6. The van der Waals surface area contributed by atoms with E-state index in [1.807, 2.05) is 0 Å². The third-order valence-corrected chi connectivity index (χ3v) is 4.39. The highest BCUT2D eigenvalue weighted by molar-refractivity contribution is 5.95. The number of rotatable bonds is 5. The van der Waals surface area contributed by atoms with Crippen molar-refractivity contribution in [2.75, 3.05) is 6.54 Å². The van der Waals surface area contributed by atoms with Gasteiger partial charge >= 0.3 is 0 Å². The van der Waals surface area contributed by atoms with E-state index < -0.39 is 0 Å². The molecule has 1 fully saturated rings. The molecule has 0 bridgehead atoms. The Bertz CT molecular complexity index is 660. The van der Waals surface area contributed by atoms with E-state index in [9.17, 15) is 14.4 Å². The molecule has 1 aromatic heterocycles. The molecule has 1 heterocycles. The van der Waals surface area contributed by atoms with E-state index in [-0.39, 0.29) is 35.0 Å². The van der Waals surface area contributed by atoms with Crippen molar-refractivity contribution in [3.8, 4) is 0 Å². The summed E-state index contributed by atoms with van der Waals surface area (Å²) < 4.78 is 0. The third kappa shape index (κ3) is 4.67. The van der Waals surface area contributed by atoms with E-state index in [0.717, 1.165) is 31.4 Å². The Morgan fingerprint density at radius 3 is 2.29 bits per heavy atom. The second-order valence-corrected chi connectivity index (χ2v) is 6.47. The van der Waals surface area contributed by atoms with Crippen LogP contribution in [-0.4, -0.2) is 35.4 Å². The summed E-state index contributed by atoms with van der Waals surface area (Å²) in [7, 11) is 0. The zero-order valence-electron chi connectivity index (χ0n) is 14.3. The maximum Gasteiger partial charge on any atom is 0.261 e. The van der Waals surface area contributed by atoms with Crippen LogP contribution in [0.25, 0.3) is 0 Å². The molecule has 7 nitrogen and oxygen atoms in total. The maximum absolute atomic E-state index is 12.4. The molecule has 2 rings (SSSR count). The number of amides is 2. The van der Waals surface area contributed by atoms with E-state index >= 15 is 0 Å². The summed E-state index contributed by atoms with van der Waals surface area (Å²) in [6.07, 6.45) is 3.52. The lowest BCUT2D eigenvalue weighted by atomic mass is 9.90. The minimum absolute atomic E-state index is 0.0215. The van der Waals surface area contributed by atoms with E-state index in [1.165, 1.54) is 0 Å². The van der Waals surface area contributed by atoms with Crippen LogP contribution in [0.3, 0.4) is 0 Å². The Morgan fingerprint density at radius 1 is 1.17 bits per heavy atom.